The predicted octanol–water partition coefficient (Wildman–Crippen LogP) is 4.23. The lowest BCUT2D eigenvalue weighted by Gasteiger charge is -2.00. The molecule has 0 atom stereocenters. The summed E-state index contributed by atoms with van der Waals surface area (Å²) in [5.74, 6) is 0. The van der Waals surface area contributed by atoms with E-state index in [4.69, 9.17) is 0 Å². The molecule has 96 valence electrons. The van der Waals surface area contributed by atoms with Gasteiger partial charge in [-0.1, -0.05) is 6.92 Å². The molecule has 0 unspecified atom stereocenters. The minimum atomic E-state index is 0.875. The molecule has 0 aromatic carbocycles. The molecule has 0 radical (unpaired) electrons. The molecule has 3 nitrogen and oxygen atoms in total. The van der Waals surface area contributed by atoms with Crippen molar-refractivity contribution in [2.24, 2.45) is 0 Å². The van der Waals surface area contributed by atoms with E-state index in [2.05, 4.69) is 54.1 Å². The minimum Gasteiger partial charge on any atom is -0.312 e. The number of hydrogen-bond acceptors (Lipinski definition) is 4. The third-order valence-corrected chi connectivity index (χ3v) is 4.33. The first-order valence-electron chi connectivity index (χ1n) is 5.67. The summed E-state index contributed by atoms with van der Waals surface area (Å²) < 4.78 is 1.92. The van der Waals surface area contributed by atoms with Crippen molar-refractivity contribution in [3.63, 3.8) is 0 Å². The maximum atomic E-state index is 4.43. The zero-order valence-corrected chi connectivity index (χ0v) is 13.9. The van der Waals surface area contributed by atoms with E-state index < -0.39 is 0 Å². The van der Waals surface area contributed by atoms with Gasteiger partial charge in [-0.2, -0.15) is 0 Å². The monoisotopic (exact) mass is 389 g/mol. The summed E-state index contributed by atoms with van der Waals surface area (Å²) in [5.41, 5.74) is 0.893. The highest BCUT2D eigenvalue weighted by Gasteiger charge is 2.10. The van der Waals surface area contributed by atoms with Crippen LogP contribution in [0.25, 0.3) is 10.7 Å². The molecule has 2 aromatic heterocycles. The van der Waals surface area contributed by atoms with Crippen LogP contribution >= 0.6 is 43.2 Å². The van der Waals surface area contributed by atoms with Crippen LogP contribution in [0.1, 0.15) is 18.2 Å². The highest BCUT2D eigenvalue weighted by Crippen LogP contribution is 2.31. The minimum absolute atomic E-state index is 0.875. The number of aromatic nitrogens is 2. The van der Waals surface area contributed by atoms with Gasteiger partial charge >= 0.3 is 0 Å². The van der Waals surface area contributed by atoms with Crippen LogP contribution in [0.15, 0.2) is 27.4 Å². The van der Waals surface area contributed by atoms with E-state index in [9.17, 15) is 0 Å². The summed E-state index contributed by atoms with van der Waals surface area (Å²) in [6.07, 6.45) is 4.85. The molecule has 0 aliphatic heterocycles. The Morgan fingerprint density at radius 2 is 2.11 bits per heavy atom. The molecule has 0 bridgehead atoms. The molecular formula is C12H13Br2N3S. The second kappa shape index (κ2) is 6.75. The molecule has 2 heterocycles. The van der Waals surface area contributed by atoms with Crippen LogP contribution < -0.4 is 5.32 Å². The number of halogens is 2. The van der Waals surface area contributed by atoms with Crippen LogP contribution in [-0.2, 0) is 6.54 Å². The first-order chi connectivity index (χ1) is 8.70. The predicted molar refractivity (Wildman–Crippen MR) is 82.7 cm³/mol. The summed E-state index contributed by atoms with van der Waals surface area (Å²) in [6.45, 7) is 4.07. The van der Waals surface area contributed by atoms with Crippen molar-refractivity contribution in [2.75, 3.05) is 6.54 Å². The maximum absolute atomic E-state index is 4.43. The molecule has 0 fully saturated rings. The highest BCUT2D eigenvalue weighted by atomic mass is 79.9. The van der Waals surface area contributed by atoms with Gasteiger partial charge in [-0.15, -0.1) is 11.3 Å². The standard InChI is InChI=1S/C12H13Br2N3S/c1-2-3-15-6-9-7-17-12(18-9)11-10(14)4-8(13)5-16-11/h4-5,7,15H,2-3,6H2,1H3. The Labute approximate surface area is 127 Å². The fourth-order valence-electron chi connectivity index (χ4n) is 1.46. The van der Waals surface area contributed by atoms with Gasteiger partial charge in [0.15, 0.2) is 0 Å². The molecular weight excluding hydrogens is 378 g/mol. The number of nitrogens with one attached hydrogen (secondary N) is 1. The van der Waals surface area contributed by atoms with Gasteiger partial charge in [0, 0.05) is 32.8 Å². The first-order valence-corrected chi connectivity index (χ1v) is 8.07. The van der Waals surface area contributed by atoms with Crippen LogP contribution in [0, 0.1) is 0 Å². The average Bonchev–Trinajstić information content (AvgIpc) is 2.78. The summed E-state index contributed by atoms with van der Waals surface area (Å²) >= 11 is 8.59. The largest absolute Gasteiger partial charge is 0.312 e. The third-order valence-electron chi connectivity index (χ3n) is 2.29. The first kappa shape index (κ1) is 14.1. The van der Waals surface area contributed by atoms with Crippen LogP contribution in [0.3, 0.4) is 0 Å². The topological polar surface area (TPSA) is 37.8 Å². The second-order valence-electron chi connectivity index (χ2n) is 3.79. The quantitative estimate of drug-likeness (QED) is 0.776. The lowest BCUT2D eigenvalue weighted by molar-refractivity contribution is 0.681. The lowest BCUT2D eigenvalue weighted by atomic mass is 10.4. The van der Waals surface area contributed by atoms with Crippen LogP contribution in [0.4, 0.5) is 0 Å². The van der Waals surface area contributed by atoms with Crippen molar-refractivity contribution in [1.29, 1.82) is 0 Å². The van der Waals surface area contributed by atoms with Gasteiger partial charge < -0.3 is 5.32 Å². The van der Waals surface area contributed by atoms with E-state index in [-0.39, 0.29) is 0 Å². The summed E-state index contributed by atoms with van der Waals surface area (Å²) in [4.78, 5) is 10.0. The van der Waals surface area contributed by atoms with Crippen LogP contribution in [-0.4, -0.2) is 16.5 Å². The highest BCUT2D eigenvalue weighted by molar-refractivity contribution is 9.11. The van der Waals surface area contributed by atoms with Gasteiger partial charge in [0.1, 0.15) is 10.7 Å². The van der Waals surface area contributed by atoms with Crippen molar-refractivity contribution >= 4 is 43.2 Å². The van der Waals surface area contributed by atoms with E-state index in [0.29, 0.717) is 0 Å². The van der Waals surface area contributed by atoms with E-state index in [0.717, 1.165) is 39.2 Å². The Kier molecular flexibility index (Phi) is 5.29. The van der Waals surface area contributed by atoms with Gasteiger partial charge in [-0.05, 0) is 50.9 Å². The Morgan fingerprint density at radius 3 is 2.83 bits per heavy atom. The average molecular weight is 391 g/mol. The zero-order chi connectivity index (χ0) is 13.0. The number of nitrogens with zero attached hydrogens (tertiary/aromatic N) is 2. The van der Waals surface area contributed by atoms with E-state index >= 15 is 0 Å². The van der Waals surface area contributed by atoms with Crippen molar-refractivity contribution in [3.8, 4) is 10.7 Å². The number of pyridine rings is 1. The van der Waals surface area contributed by atoms with Gasteiger partial charge in [0.05, 0.1) is 0 Å². The number of rotatable bonds is 5. The maximum Gasteiger partial charge on any atom is 0.143 e. The molecule has 2 aromatic rings. The molecule has 0 saturated heterocycles. The Balaban J connectivity index is 2.13. The molecule has 2 rings (SSSR count). The molecule has 0 aliphatic carbocycles. The molecule has 6 heteroatoms. The van der Waals surface area contributed by atoms with Crippen molar-refractivity contribution < 1.29 is 0 Å². The zero-order valence-electron chi connectivity index (χ0n) is 9.91. The van der Waals surface area contributed by atoms with Gasteiger partial charge in [-0.25, -0.2) is 4.98 Å². The molecule has 0 saturated carbocycles. The van der Waals surface area contributed by atoms with Crippen LogP contribution in [0.2, 0.25) is 0 Å². The summed E-state index contributed by atoms with van der Waals surface area (Å²) in [5, 5.41) is 4.32. The van der Waals surface area contributed by atoms with E-state index in [1.54, 1.807) is 17.5 Å². The lowest BCUT2D eigenvalue weighted by Crippen LogP contribution is -2.12. The van der Waals surface area contributed by atoms with Crippen molar-refractivity contribution in [3.05, 3.63) is 32.3 Å². The molecule has 0 amide bonds. The molecule has 18 heavy (non-hydrogen) atoms. The summed E-state index contributed by atoms with van der Waals surface area (Å²) in [7, 11) is 0. The van der Waals surface area contributed by atoms with Crippen LogP contribution in [0.5, 0.6) is 0 Å². The van der Waals surface area contributed by atoms with E-state index in [1.807, 2.05) is 12.3 Å². The number of thiazole rings is 1. The van der Waals surface area contributed by atoms with Crippen molar-refractivity contribution in [1.82, 2.24) is 15.3 Å². The summed E-state index contributed by atoms with van der Waals surface area (Å²) in [6, 6.07) is 1.98. The van der Waals surface area contributed by atoms with Crippen molar-refractivity contribution in [2.45, 2.75) is 19.9 Å². The Morgan fingerprint density at radius 1 is 1.28 bits per heavy atom. The van der Waals surface area contributed by atoms with Gasteiger partial charge in [-0.3, -0.25) is 4.98 Å². The number of hydrogen-bond donors (Lipinski definition) is 1. The SMILES string of the molecule is CCCNCc1cnc(-c2ncc(Br)cc2Br)s1. The Bertz CT molecular complexity index is 528. The van der Waals surface area contributed by atoms with E-state index in [1.165, 1.54) is 4.88 Å². The smallest absolute Gasteiger partial charge is 0.143 e. The Hall–Kier alpha value is -0.300. The molecule has 0 spiro atoms. The van der Waals surface area contributed by atoms with Gasteiger partial charge in [0.25, 0.3) is 0 Å². The normalized spacial score (nSPS) is 10.8. The second-order valence-corrected chi connectivity index (χ2v) is 6.68. The third kappa shape index (κ3) is 3.60. The molecule has 0 aliphatic rings. The fourth-order valence-corrected chi connectivity index (χ4v) is 3.66. The fraction of sp³-hybridized carbons (Fsp3) is 0.333. The van der Waals surface area contributed by atoms with Gasteiger partial charge in [0.2, 0.25) is 0 Å². The molecule has 1 N–H and O–H groups in total.